The maximum Gasteiger partial charge on any atom is 0.257 e. The molecule has 5 aromatic rings. The summed E-state index contributed by atoms with van der Waals surface area (Å²) in [6.45, 7) is 1.54. The zero-order valence-electron chi connectivity index (χ0n) is 19.3. The zero-order valence-corrected chi connectivity index (χ0v) is 20.1. The van der Waals surface area contributed by atoms with Crippen molar-refractivity contribution in [3.05, 3.63) is 78.1 Å². The SMILES string of the molecule is CN(C)CCOc1ccc(-c2cccc(N(C)c3nc4nncn4c4cc(Cl)ccc34)c2)cc1. The minimum Gasteiger partial charge on any atom is -0.492 e. The highest BCUT2D eigenvalue weighted by atomic mass is 35.5. The third-order valence-electron chi connectivity index (χ3n) is 5.74. The fraction of sp³-hybridized carbons (Fsp3) is 0.192. The van der Waals surface area contributed by atoms with Crippen LogP contribution in [0.15, 0.2) is 73.1 Å². The van der Waals surface area contributed by atoms with Gasteiger partial charge in [0.25, 0.3) is 5.78 Å². The summed E-state index contributed by atoms with van der Waals surface area (Å²) in [6, 6.07) is 22.3. The van der Waals surface area contributed by atoms with E-state index in [2.05, 4.69) is 56.4 Å². The number of likely N-dealkylation sites (N-methyl/N-ethyl adjacent to an activating group) is 1. The maximum absolute atomic E-state index is 6.28. The average Bonchev–Trinajstić information content (AvgIpc) is 3.32. The van der Waals surface area contributed by atoms with Crippen molar-refractivity contribution < 1.29 is 4.74 Å². The standard InChI is InChI=1S/C26H25ClN6O/c1-31(2)13-14-34-22-10-7-18(8-11-22)19-5-4-6-21(15-19)32(3)25-23-12-9-20(27)16-24(23)33-17-28-30-26(33)29-25/h4-12,15-17H,13-14H2,1-3H3. The predicted octanol–water partition coefficient (Wildman–Crippen LogP) is 5.31. The van der Waals surface area contributed by atoms with Gasteiger partial charge >= 0.3 is 0 Å². The van der Waals surface area contributed by atoms with Crippen LogP contribution in [0.2, 0.25) is 5.02 Å². The molecular formula is C26H25ClN6O. The van der Waals surface area contributed by atoms with Gasteiger partial charge in [0.15, 0.2) is 0 Å². The van der Waals surface area contributed by atoms with Gasteiger partial charge in [-0.05, 0) is 67.7 Å². The first-order valence-corrected chi connectivity index (χ1v) is 11.4. The van der Waals surface area contributed by atoms with Crippen molar-refractivity contribution in [2.24, 2.45) is 0 Å². The Bertz CT molecular complexity index is 1450. The fourth-order valence-electron chi connectivity index (χ4n) is 3.88. The predicted molar refractivity (Wildman–Crippen MR) is 137 cm³/mol. The lowest BCUT2D eigenvalue weighted by atomic mass is 10.0. The maximum atomic E-state index is 6.28. The second kappa shape index (κ2) is 9.29. The Morgan fingerprint density at radius 2 is 1.76 bits per heavy atom. The van der Waals surface area contributed by atoms with Crippen LogP contribution in [0.1, 0.15) is 0 Å². The summed E-state index contributed by atoms with van der Waals surface area (Å²) in [4.78, 5) is 8.94. The summed E-state index contributed by atoms with van der Waals surface area (Å²) in [5.41, 5.74) is 4.15. The van der Waals surface area contributed by atoms with E-state index >= 15 is 0 Å². The molecule has 7 nitrogen and oxygen atoms in total. The quantitative estimate of drug-likeness (QED) is 0.320. The molecule has 2 heterocycles. The largest absolute Gasteiger partial charge is 0.492 e. The summed E-state index contributed by atoms with van der Waals surface area (Å²) in [5, 5.41) is 9.79. The first kappa shape index (κ1) is 22.1. The van der Waals surface area contributed by atoms with E-state index in [9.17, 15) is 0 Å². The van der Waals surface area contributed by atoms with Gasteiger partial charge in [0, 0.05) is 29.7 Å². The first-order valence-electron chi connectivity index (χ1n) is 11.0. The Labute approximate surface area is 203 Å². The van der Waals surface area contributed by atoms with E-state index in [4.69, 9.17) is 21.3 Å². The number of anilines is 2. The molecule has 0 N–H and O–H groups in total. The van der Waals surface area contributed by atoms with E-state index in [-0.39, 0.29) is 0 Å². The van der Waals surface area contributed by atoms with E-state index in [0.29, 0.717) is 17.4 Å². The molecule has 0 unspecified atom stereocenters. The van der Waals surface area contributed by atoms with Gasteiger partial charge in [-0.25, -0.2) is 0 Å². The highest BCUT2D eigenvalue weighted by molar-refractivity contribution is 6.31. The number of fused-ring (bicyclic) bond motifs is 3. The van der Waals surface area contributed by atoms with Gasteiger partial charge in [-0.3, -0.25) is 4.40 Å². The van der Waals surface area contributed by atoms with Gasteiger partial charge < -0.3 is 14.5 Å². The molecule has 0 radical (unpaired) electrons. The Balaban J connectivity index is 1.46. The van der Waals surface area contributed by atoms with E-state index in [1.807, 2.05) is 55.9 Å². The molecule has 0 aliphatic rings. The summed E-state index contributed by atoms with van der Waals surface area (Å²) >= 11 is 6.28. The molecule has 0 bridgehead atoms. The highest BCUT2D eigenvalue weighted by Gasteiger charge is 2.15. The molecule has 0 saturated heterocycles. The lowest BCUT2D eigenvalue weighted by molar-refractivity contribution is 0.261. The number of nitrogens with zero attached hydrogens (tertiary/aromatic N) is 6. The van der Waals surface area contributed by atoms with Crippen molar-refractivity contribution in [2.45, 2.75) is 0 Å². The molecule has 34 heavy (non-hydrogen) atoms. The van der Waals surface area contributed by atoms with Crippen LogP contribution in [0.3, 0.4) is 0 Å². The Morgan fingerprint density at radius 3 is 2.56 bits per heavy atom. The Hall–Kier alpha value is -3.68. The number of benzene rings is 3. The summed E-state index contributed by atoms with van der Waals surface area (Å²) in [7, 11) is 6.08. The van der Waals surface area contributed by atoms with Gasteiger partial charge in [-0.2, -0.15) is 4.98 Å². The molecule has 0 spiro atoms. The van der Waals surface area contributed by atoms with E-state index < -0.39 is 0 Å². The van der Waals surface area contributed by atoms with Gasteiger partial charge in [-0.1, -0.05) is 35.9 Å². The van der Waals surface area contributed by atoms with Crippen molar-refractivity contribution >= 4 is 39.8 Å². The molecule has 5 rings (SSSR count). The second-order valence-electron chi connectivity index (χ2n) is 8.38. The lowest BCUT2D eigenvalue weighted by Gasteiger charge is -2.21. The van der Waals surface area contributed by atoms with Crippen molar-refractivity contribution in [2.75, 3.05) is 39.2 Å². The molecular weight excluding hydrogens is 448 g/mol. The van der Waals surface area contributed by atoms with Gasteiger partial charge in [0.1, 0.15) is 24.5 Å². The van der Waals surface area contributed by atoms with Gasteiger partial charge in [-0.15, -0.1) is 10.2 Å². The van der Waals surface area contributed by atoms with Crippen LogP contribution in [0, 0.1) is 0 Å². The Kier molecular flexibility index (Phi) is 6.04. The zero-order chi connectivity index (χ0) is 23.7. The third kappa shape index (κ3) is 4.40. The molecule has 2 aromatic heterocycles. The highest BCUT2D eigenvalue weighted by Crippen LogP contribution is 2.33. The van der Waals surface area contributed by atoms with Crippen LogP contribution in [-0.4, -0.2) is 58.8 Å². The Morgan fingerprint density at radius 1 is 0.941 bits per heavy atom. The van der Waals surface area contributed by atoms with E-state index in [1.165, 1.54) is 0 Å². The minimum atomic E-state index is 0.526. The van der Waals surface area contributed by atoms with Crippen LogP contribution < -0.4 is 9.64 Å². The van der Waals surface area contributed by atoms with Crippen LogP contribution in [0.5, 0.6) is 5.75 Å². The summed E-state index contributed by atoms with van der Waals surface area (Å²) in [6.07, 6.45) is 1.65. The molecule has 0 atom stereocenters. The average molecular weight is 473 g/mol. The normalized spacial score (nSPS) is 11.4. The lowest BCUT2D eigenvalue weighted by Crippen LogP contribution is -2.19. The third-order valence-corrected chi connectivity index (χ3v) is 5.98. The van der Waals surface area contributed by atoms with E-state index in [0.717, 1.165) is 45.8 Å². The summed E-state index contributed by atoms with van der Waals surface area (Å²) < 4.78 is 7.67. The second-order valence-corrected chi connectivity index (χ2v) is 8.82. The summed E-state index contributed by atoms with van der Waals surface area (Å²) in [5.74, 6) is 2.18. The van der Waals surface area contributed by atoms with Crippen LogP contribution in [-0.2, 0) is 0 Å². The van der Waals surface area contributed by atoms with Crippen LogP contribution in [0.4, 0.5) is 11.5 Å². The monoisotopic (exact) mass is 472 g/mol. The van der Waals surface area contributed by atoms with Crippen molar-refractivity contribution in [3.8, 4) is 16.9 Å². The molecule has 0 amide bonds. The van der Waals surface area contributed by atoms with Crippen LogP contribution in [0.25, 0.3) is 27.8 Å². The number of hydrogen-bond acceptors (Lipinski definition) is 6. The molecule has 0 fully saturated rings. The van der Waals surface area contributed by atoms with Crippen molar-refractivity contribution in [3.63, 3.8) is 0 Å². The van der Waals surface area contributed by atoms with Crippen molar-refractivity contribution in [1.82, 2.24) is 24.5 Å². The topological polar surface area (TPSA) is 58.8 Å². The molecule has 0 aliphatic carbocycles. The fourth-order valence-corrected chi connectivity index (χ4v) is 4.05. The van der Waals surface area contributed by atoms with Gasteiger partial charge in [0.05, 0.1) is 5.52 Å². The molecule has 3 aromatic carbocycles. The number of hydrogen-bond donors (Lipinski definition) is 0. The van der Waals surface area contributed by atoms with E-state index in [1.54, 1.807) is 6.33 Å². The molecule has 0 saturated carbocycles. The van der Waals surface area contributed by atoms with Crippen LogP contribution >= 0.6 is 11.6 Å². The number of halogens is 1. The number of rotatable bonds is 7. The number of aromatic nitrogens is 4. The first-order chi connectivity index (χ1) is 16.5. The van der Waals surface area contributed by atoms with Crippen molar-refractivity contribution in [1.29, 1.82) is 0 Å². The number of ether oxygens (including phenoxy) is 1. The molecule has 8 heteroatoms. The molecule has 172 valence electrons. The molecule has 0 aliphatic heterocycles. The van der Waals surface area contributed by atoms with Gasteiger partial charge in [0.2, 0.25) is 0 Å². The minimum absolute atomic E-state index is 0.526. The smallest absolute Gasteiger partial charge is 0.257 e.